The number of hydrogen-bond donors (Lipinski definition) is 0. The van der Waals surface area contributed by atoms with E-state index >= 15 is 0 Å². The predicted molar refractivity (Wildman–Crippen MR) is 92.1 cm³/mol. The lowest BCUT2D eigenvalue weighted by Gasteiger charge is -2.48. The van der Waals surface area contributed by atoms with Gasteiger partial charge in [0.15, 0.2) is 11.5 Å². The lowest BCUT2D eigenvalue weighted by Crippen LogP contribution is -2.53. The van der Waals surface area contributed by atoms with E-state index in [2.05, 4.69) is 20.4 Å². The molecular formula is C21H28O3. The molecule has 0 heterocycles. The molecule has 3 saturated carbocycles. The summed E-state index contributed by atoms with van der Waals surface area (Å²) < 4.78 is 5.67. The number of carbonyl (C=O) groups is 2. The van der Waals surface area contributed by atoms with E-state index in [-0.39, 0.29) is 29.3 Å². The molecule has 0 aliphatic heterocycles. The first-order valence-electron chi connectivity index (χ1n) is 9.27. The Hall–Kier alpha value is -1.38. The van der Waals surface area contributed by atoms with E-state index in [4.69, 9.17) is 4.74 Å². The largest absolute Gasteiger partial charge is 0.493 e. The minimum Gasteiger partial charge on any atom is -0.493 e. The molecule has 0 unspecified atom stereocenters. The number of methoxy groups -OCH3 is 1. The Kier molecular flexibility index (Phi) is 3.10. The van der Waals surface area contributed by atoms with Gasteiger partial charge in [-0.1, -0.05) is 26.0 Å². The highest BCUT2D eigenvalue weighted by Crippen LogP contribution is 2.75. The quantitative estimate of drug-likeness (QED) is 0.569. The van der Waals surface area contributed by atoms with Crippen molar-refractivity contribution in [1.29, 1.82) is 0 Å². The van der Waals surface area contributed by atoms with Gasteiger partial charge in [-0.3, -0.25) is 9.59 Å². The van der Waals surface area contributed by atoms with Gasteiger partial charge in [-0.05, 0) is 62.4 Å². The summed E-state index contributed by atoms with van der Waals surface area (Å²) in [5.41, 5.74) is 0.547. The summed E-state index contributed by atoms with van der Waals surface area (Å²) in [6.07, 6.45) is 3.14. The molecular weight excluding hydrogens is 300 g/mol. The number of ketones is 2. The molecule has 1 spiro atoms. The minimum atomic E-state index is -0.985. The van der Waals surface area contributed by atoms with E-state index in [1.807, 2.05) is 13.8 Å². The van der Waals surface area contributed by atoms with Crippen LogP contribution in [-0.4, -0.2) is 18.7 Å². The van der Waals surface area contributed by atoms with Crippen LogP contribution in [0.15, 0.2) is 23.5 Å². The molecule has 2 bridgehead atoms. The molecule has 7 atom stereocenters. The fraction of sp³-hybridized carbons (Fsp3) is 0.714. The van der Waals surface area contributed by atoms with Crippen molar-refractivity contribution in [3.8, 4) is 0 Å². The Morgan fingerprint density at radius 3 is 2.46 bits per heavy atom. The van der Waals surface area contributed by atoms with Crippen LogP contribution in [0.25, 0.3) is 0 Å². The first-order chi connectivity index (χ1) is 11.2. The van der Waals surface area contributed by atoms with Crippen LogP contribution < -0.4 is 0 Å². The smallest absolute Gasteiger partial charge is 0.211 e. The highest BCUT2D eigenvalue weighted by molar-refractivity contribution is 6.21. The van der Waals surface area contributed by atoms with Gasteiger partial charge in [0.25, 0.3) is 0 Å². The van der Waals surface area contributed by atoms with Crippen molar-refractivity contribution in [3.05, 3.63) is 23.5 Å². The summed E-state index contributed by atoms with van der Waals surface area (Å²) in [6.45, 7) is 12.5. The third-order valence-electron chi connectivity index (χ3n) is 7.86. The number of hydrogen-bond acceptors (Lipinski definition) is 3. The van der Waals surface area contributed by atoms with E-state index in [0.717, 1.165) is 30.4 Å². The van der Waals surface area contributed by atoms with Crippen LogP contribution in [0, 0.1) is 40.4 Å². The Morgan fingerprint density at radius 1 is 1.21 bits per heavy atom. The summed E-state index contributed by atoms with van der Waals surface area (Å²) in [5.74, 6) is 1.83. The Labute approximate surface area is 144 Å². The van der Waals surface area contributed by atoms with E-state index in [1.54, 1.807) is 7.11 Å². The fourth-order valence-electron chi connectivity index (χ4n) is 7.25. The van der Waals surface area contributed by atoms with Crippen LogP contribution in [0.2, 0.25) is 0 Å². The van der Waals surface area contributed by atoms with Crippen LogP contribution in [0.5, 0.6) is 0 Å². The molecule has 3 nitrogen and oxygen atoms in total. The van der Waals surface area contributed by atoms with E-state index in [0.29, 0.717) is 17.6 Å². The maximum Gasteiger partial charge on any atom is 0.211 e. The molecule has 3 heteroatoms. The summed E-state index contributed by atoms with van der Waals surface area (Å²) in [7, 11) is 1.59. The average Bonchev–Trinajstić information content (AvgIpc) is 2.87. The first kappa shape index (κ1) is 16.1. The number of carbonyl (C=O) groups excluding carboxylic acids is 2. The molecule has 0 radical (unpaired) electrons. The van der Waals surface area contributed by atoms with E-state index in [9.17, 15) is 9.59 Å². The van der Waals surface area contributed by atoms with Gasteiger partial charge in [0.2, 0.25) is 5.78 Å². The molecule has 4 aliphatic carbocycles. The second kappa shape index (κ2) is 4.62. The molecule has 4 rings (SSSR count). The van der Waals surface area contributed by atoms with Gasteiger partial charge in [0.05, 0.1) is 12.5 Å². The summed E-state index contributed by atoms with van der Waals surface area (Å²) >= 11 is 0. The van der Waals surface area contributed by atoms with Gasteiger partial charge in [0.1, 0.15) is 5.41 Å². The normalized spacial score (nSPS) is 49.5. The highest BCUT2D eigenvalue weighted by Gasteiger charge is 2.78. The lowest BCUT2D eigenvalue weighted by molar-refractivity contribution is -0.146. The molecule has 3 fully saturated rings. The minimum absolute atomic E-state index is 0.0575. The van der Waals surface area contributed by atoms with Crippen molar-refractivity contribution in [2.24, 2.45) is 40.4 Å². The number of fused-ring (bicyclic) bond motifs is 1. The Balaban J connectivity index is 2.10. The van der Waals surface area contributed by atoms with Gasteiger partial charge in [-0.25, -0.2) is 0 Å². The van der Waals surface area contributed by atoms with Gasteiger partial charge in [0, 0.05) is 5.92 Å². The van der Waals surface area contributed by atoms with Crippen molar-refractivity contribution in [1.82, 2.24) is 0 Å². The molecule has 0 amide bonds. The molecule has 0 N–H and O–H groups in total. The van der Waals surface area contributed by atoms with E-state index in [1.165, 1.54) is 0 Å². The lowest BCUT2D eigenvalue weighted by atomic mass is 9.53. The number of ether oxygens (including phenoxy) is 1. The van der Waals surface area contributed by atoms with Gasteiger partial charge in [-0.2, -0.15) is 0 Å². The van der Waals surface area contributed by atoms with Crippen LogP contribution in [-0.2, 0) is 14.3 Å². The van der Waals surface area contributed by atoms with Gasteiger partial charge in [-0.15, -0.1) is 0 Å². The van der Waals surface area contributed by atoms with Crippen molar-refractivity contribution < 1.29 is 14.3 Å². The number of Topliss-reactive ketones (excluding diaryl/α,β-unsaturated/α-hetero) is 2. The Bertz CT molecular complexity index is 702. The van der Waals surface area contributed by atoms with Crippen LogP contribution >= 0.6 is 0 Å². The number of allylic oxidation sites excluding steroid dienone is 3. The van der Waals surface area contributed by atoms with Crippen molar-refractivity contribution in [2.75, 3.05) is 7.11 Å². The average molecular weight is 328 g/mol. The zero-order valence-corrected chi connectivity index (χ0v) is 15.4. The SMILES string of the molecule is C=C(C)[C@H]1[C@@H]2C[C@H](C)[C@H]3CC[C@H](C)C4=C(OC)C(=O)[C@]1(C)C(=O)[C@@]432. The number of rotatable bonds is 2. The zero-order valence-electron chi connectivity index (χ0n) is 15.4. The molecule has 0 aromatic carbocycles. The van der Waals surface area contributed by atoms with Crippen molar-refractivity contribution in [3.63, 3.8) is 0 Å². The van der Waals surface area contributed by atoms with Gasteiger partial charge >= 0.3 is 0 Å². The predicted octanol–water partition coefficient (Wildman–Crippen LogP) is 3.94. The van der Waals surface area contributed by atoms with Gasteiger partial charge < -0.3 is 4.74 Å². The fourth-order valence-corrected chi connectivity index (χ4v) is 7.25. The van der Waals surface area contributed by atoms with Crippen LogP contribution in [0.4, 0.5) is 0 Å². The summed E-state index contributed by atoms with van der Waals surface area (Å²) in [5, 5.41) is 0. The summed E-state index contributed by atoms with van der Waals surface area (Å²) in [4.78, 5) is 27.2. The Morgan fingerprint density at radius 2 is 1.88 bits per heavy atom. The molecule has 4 aliphatic rings. The topological polar surface area (TPSA) is 43.4 Å². The van der Waals surface area contributed by atoms with Crippen molar-refractivity contribution in [2.45, 2.75) is 47.0 Å². The molecule has 0 aromatic heterocycles. The molecule has 130 valence electrons. The second-order valence-corrected chi connectivity index (χ2v) is 8.90. The standard InChI is InChI=1S/C21H28O3/c1-10(2)15-14-9-12(4)13-8-7-11(3)16-17(24-6)18(22)20(15,5)19(23)21(13,14)16/h11-15H,1,7-9H2,2-6H3/t11-,12-,13+,14-,15-,20+,21-/m0/s1. The highest BCUT2D eigenvalue weighted by atomic mass is 16.5. The molecule has 0 saturated heterocycles. The maximum absolute atomic E-state index is 13.9. The summed E-state index contributed by atoms with van der Waals surface area (Å²) in [6, 6.07) is 0. The van der Waals surface area contributed by atoms with Crippen LogP contribution in [0.3, 0.4) is 0 Å². The van der Waals surface area contributed by atoms with Crippen LogP contribution in [0.1, 0.15) is 47.0 Å². The third kappa shape index (κ3) is 1.39. The zero-order chi connectivity index (χ0) is 17.6. The first-order valence-corrected chi connectivity index (χ1v) is 9.27. The van der Waals surface area contributed by atoms with Crippen molar-refractivity contribution >= 4 is 11.6 Å². The second-order valence-electron chi connectivity index (χ2n) is 8.90. The third-order valence-corrected chi connectivity index (χ3v) is 7.86. The maximum atomic E-state index is 13.9. The molecule has 0 aromatic rings. The van der Waals surface area contributed by atoms with E-state index < -0.39 is 10.8 Å². The monoisotopic (exact) mass is 328 g/mol. The molecule has 24 heavy (non-hydrogen) atoms.